The summed E-state index contributed by atoms with van der Waals surface area (Å²) in [5.41, 5.74) is 0. The summed E-state index contributed by atoms with van der Waals surface area (Å²) in [5, 5.41) is 3.11. The fourth-order valence-electron chi connectivity index (χ4n) is 1.54. The van der Waals surface area contributed by atoms with Crippen LogP contribution in [-0.4, -0.2) is 33.9 Å². The first-order chi connectivity index (χ1) is 8.23. The molecular formula is C13H21NO3. The van der Waals surface area contributed by atoms with Crippen molar-refractivity contribution in [3.05, 3.63) is 18.2 Å². The van der Waals surface area contributed by atoms with Crippen molar-refractivity contribution in [2.75, 3.05) is 27.8 Å². The van der Waals surface area contributed by atoms with E-state index >= 15 is 0 Å². The summed E-state index contributed by atoms with van der Waals surface area (Å²) in [6.45, 7) is 2.91. The van der Waals surface area contributed by atoms with Gasteiger partial charge in [-0.2, -0.15) is 0 Å². The van der Waals surface area contributed by atoms with E-state index < -0.39 is 0 Å². The van der Waals surface area contributed by atoms with Crippen molar-refractivity contribution in [2.24, 2.45) is 0 Å². The first-order valence-corrected chi connectivity index (χ1v) is 5.77. The van der Waals surface area contributed by atoms with E-state index in [0.717, 1.165) is 30.2 Å². The van der Waals surface area contributed by atoms with E-state index in [4.69, 9.17) is 14.2 Å². The third kappa shape index (κ3) is 4.15. The van der Waals surface area contributed by atoms with Gasteiger partial charge in [-0.1, -0.05) is 6.92 Å². The van der Waals surface area contributed by atoms with Crippen molar-refractivity contribution in [1.29, 1.82) is 0 Å². The molecule has 0 aliphatic rings. The Hall–Kier alpha value is -1.42. The summed E-state index contributed by atoms with van der Waals surface area (Å²) in [5.74, 6) is 2.24. The second-order valence-electron chi connectivity index (χ2n) is 3.75. The molecule has 0 heterocycles. The minimum atomic E-state index is 0.150. The molecule has 4 nitrogen and oxygen atoms in total. The van der Waals surface area contributed by atoms with Crippen LogP contribution in [0.4, 0.5) is 0 Å². The number of nitrogens with one attached hydrogen (secondary N) is 1. The highest BCUT2D eigenvalue weighted by molar-refractivity contribution is 5.42. The molecule has 1 atom stereocenters. The Morgan fingerprint density at radius 3 is 2.00 bits per heavy atom. The molecule has 1 rings (SSSR count). The molecule has 0 saturated heterocycles. The SMILES string of the molecule is CCC(CNC)Oc1cc(OC)cc(OC)c1. The third-order valence-electron chi connectivity index (χ3n) is 2.51. The van der Waals surface area contributed by atoms with Crippen LogP contribution in [0.3, 0.4) is 0 Å². The Morgan fingerprint density at radius 2 is 1.59 bits per heavy atom. The Bertz CT molecular complexity index is 319. The molecule has 0 spiro atoms. The highest BCUT2D eigenvalue weighted by atomic mass is 16.5. The Morgan fingerprint density at radius 1 is 1.06 bits per heavy atom. The molecule has 96 valence electrons. The maximum absolute atomic E-state index is 5.87. The lowest BCUT2D eigenvalue weighted by molar-refractivity contribution is 0.195. The smallest absolute Gasteiger partial charge is 0.127 e. The summed E-state index contributed by atoms with van der Waals surface area (Å²) in [4.78, 5) is 0. The van der Waals surface area contributed by atoms with Crippen LogP contribution in [-0.2, 0) is 0 Å². The maximum atomic E-state index is 5.87. The molecule has 0 aromatic heterocycles. The van der Waals surface area contributed by atoms with Crippen molar-refractivity contribution in [1.82, 2.24) is 5.32 Å². The first kappa shape index (κ1) is 13.6. The Balaban J connectivity index is 2.81. The van der Waals surface area contributed by atoms with Gasteiger partial charge in [0.25, 0.3) is 0 Å². The highest BCUT2D eigenvalue weighted by Gasteiger charge is 2.09. The average Bonchev–Trinajstić information content (AvgIpc) is 2.37. The van der Waals surface area contributed by atoms with Crippen LogP contribution in [0, 0.1) is 0 Å². The minimum Gasteiger partial charge on any atom is -0.496 e. The number of likely N-dealkylation sites (N-methyl/N-ethyl adjacent to an activating group) is 1. The average molecular weight is 239 g/mol. The highest BCUT2D eigenvalue weighted by Crippen LogP contribution is 2.28. The molecule has 0 amide bonds. The lowest BCUT2D eigenvalue weighted by atomic mass is 10.2. The van der Waals surface area contributed by atoms with Gasteiger partial charge in [0.1, 0.15) is 23.4 Å². The van der Waals surface area contributed by atoms with Gasteiger partial charge in [-0.05, 0) is 13.5 Å². The molecule has 4 heteroatoms. The quantitative estimate of drug-likeness (QED) is 0.791. The number of methoxy groups -OCH3 is 2. The number of rotatable bonds is 7. The van der Waals surface area contributed by atoms with E-state index in [0.29, 0.717) is 0 Å². The predicted octanol–water partition coefficient (Wildman–Crippen LogP) is 2.08. The normalized spacial score (nSPS) is 12.0. The van der Waals surface area contributed by atoms with Crippen molar-refractivity contribution < 1.29 is 14.2 Å². The van der Waals surface area contributed by atoms with Crippen LogP contribution in [0.25, 0.3) is 0 Å². The largest absolute Gasteiger partial charge is 0.496 e. The van der Waals surface area contributed by atoms with Gasteiger partial charge in [0.15, 0.2) is 0 Å². The van der Waals surface area contributed by atoms with Crippen LogP contribution < -0.4 is 19.5 Å². The lowest BCUT2D eigenvalue weighted by Crippen LogP contribution is -2.28. The molecule has 0 bridgehead atoms. The van der Waals surface area contributed by atoms with E-state index in [1.54, 1.807) is 14.2 Å². The summed E-state index contributed by atoms with van der Waals surface area (Å²) in [6.07, 6.45) is 1.09. The molecule has 0 radical (unpaired) electrons. The molecule has 1 unspecified atom stereocenters. The number of benzene rings is 1. The number of ether oxygens (including phenoxy) is 3. The van der Waals surface area contributed by atoms with Crippen LogP contribution in [0.5, 0.6) is 17.2 Å². The van der Waals surface area contributed by atoms with Crippen molar-refractivity contribution in [2.45, 2.75) is 19.4 Å². The first-order valence-electron chi connectivity index (χ1n) is 5.77. The van der Waals surface area contributed by atoms with E-state index in [2.05, 4.69) is 12.2 Å². The molecule has 0 aliphatic carbocycles. The zero-order chi connectivity index (χ0) is 12.7. The van der Waals surface area contributed by atoms with Crippen molar-refractivity contribution in [3.8, 4) is 17.2 Å². The zero-order valence-electron chi connectivity index (χ0n) is 10.9. The molecule has 1 aromatic rings. The van der Waals surface area contributed by atoms with Gasteiger partial charge in [0.2, 0.25) is 0 Å². The van der Waals surface area contributed by atoms with E-state index in [9.17, 15) is 0 Å². The molecule has 1 N–H and O–H groups in total. The van der Waals surface area contributed by atoms with E-state index in [1.807, 2.05) is 25.2 Å². The van der Waals surface area contributed by atoms with E-state index in [-0.39, 0.29) is 6.10 Å². The zero-order valence-corrected chi connectivity index (χ0v) is 10.9. The van der Waals surface area contributed by atoms with Gasteiger partial charge >= 0.3 is 0 Å². The lowest BCUT2D eigenvalue weighted by Gasteiger charge is -2.18. The standard InChI is InChI=1S/C13H21NO3/c1-5-10(9-14-2)17-13-7-11(15-3)6-12(8-13)16-4/h6-8,10,14H,5,9H2,1-4H3. The van der Waals surface area contributed by atoms with Gasteiger partial charge in [0.05, 0.1) is 14.2 Å². The molecule has 1 aromatic carbocycles. The molecule has 0 aliphatic heterocycles. The van der Waals surface area contributed by atoms with Gasteiger partial charge in [0, 0.05) is 24.7 Å². The van der Waals surface area contributed by atoms with Crippen LogP contribution in [0.2, 0.25) is 0 Å². The summed E-state index contributed by atoms with van der Waals surface area (Å²) < 4.78 is 16.3. The van der Waals surface area contributed by atoms with Crippen molar-refractivity contribution in [3.63, 3.8) is 0 Å². The second-order valence-corrected chi connectivity index (χ2v) is 3.75. The fraction of sp³-hybridized carbons (Fsp3) is 0.538. The van der Waals surface area contributed by atoms with Crippen molar-refractivity contribution >= 4 is 0 Å². The molecular weight excluding hydrogens is 218 g/mol. The summed E-state index contributed by atoms with van der Waals surface area (Å²) in [6, 6.07) is 5.55. The van der Waals surface area contributed by atoms with Gasteiger partial charge in [-0.3, -0.25) is 0 Å². The fourth-order valence-corrected chi connectivity index (χ4v) is 1.54. The Labute approximate surface area is 103 Å². The third-order valence-corrected chi connectivity index (χ3v) is 2.51. The van der Waals surface area contributed by atoms with Crippen LogP contribution >= 0.6 is 0 Å². The maximum Gasteiger partial charge on any atom is 0.127 e. The van der Waals surface area contributed by atoms with E-state index in [1.165, 1.54) is 0 Å². The van der Waals surface area contributed by atoms with Crippen LogP contribution in [0.1, 0.15) is 13.3 Å². The van der Waals surface area contributed by atoms with Gasteiger partial charge < -0.3 is 19.5 Å². The summed E-state index contributed by atoms with van der Waals surface area (Å²) in [7, 11) is 5.17. The second kappa shape index (κ2) is 7.01. The Kier molecular flexibility index (Phi) is 5.63. The number of hydrogen-bond donors (Lipinski definition) is 1. The van der Waals surface area contributed by atoms with Gasteiger partial charge in [-0.15, -0.1) is 0 Å². The van der Waals surface area contributed by atoms with Gasteiger partial charge in [-0.25, -0.2) is 0 Å². The predicted molar refractivity (Wildman–Crippen MR) is 68.2 cm³/mol. The number of hydrogen-bond acceptors (Lipinski definition) is 4. The van der Waals surface area contributed by atoms with Crippen LogP contribution in [0.15, 0.2) is 18.2 Å². The molecule has 0 saturated carbocycles. The monoisotopic (exact) mass is 239 g/mol. The topological polar surface area (TPSA) is 39.7 Å². The molecule has 0 fully saturated rings. The molecule has 17 heavy (non-hydrogen) atoms. The summed E-state index contributed by atoms with van der Waals surface area (Å²) >= 11 is 0. The minimum absolute atomic E-state index is 0.150.